The van der Waals surface area contributed by atoms with Crippen LogP contribution >= 0.6 is 11.6 Å². The van der Waals surface area contributed by atoms with Crippen LogP contribution in [0.25, 0.3) is 10.9 Å². The van der Waals surface area contributed by atoms with Gasteiger partial charge in [0.05, 0.1) is 22.3 Å². The van der Waals surface area contributed by atoms with Gasteiger partial charge in [-0.15, -0.1) is 0 Å². The fourth-order valence-electron chi connectivity index (χ4n) is 2.43. The molecule has 3 rings (SSSR count). The van der Waals surface area contributed by atoms with Crippen LogP contribution in [0.1, 0.15) is 5.56 Å². The number of para-hydroxylation sites is 1. The van der Waals surface area contributed by atoms with E-state index in [1.807, 2.05) is 54.7 Å². The van der Waals surface area contributed by atoms with Crippen LogP contribution in [0, 0.1) is 11.3 Å². The molecule has 0 unspecified atom stereocenters. The van der Waals surface area contributed by atoms with Crippen LogP contribution in [0.2, 0.25) is 5.02 Å². The Morgan fingerprint density at radius 3 is 2.76 bits per heavy atom. The molecule has 0 saturated heterocycles. The van der Waals surface area contributed by atoms with Gasteiger partial charge in [0.15, 0.2) is 0 Å². The monoisotopic (exact) mass is 295 g/mol. The van der Waals surface area contributed by atoms with Crippen LogP contribution in [-0.2, 0) is 6.54 Å². The Hall–Kier alpha value is -2.44. The number of aromatic nitrogens is 1. The van der Waals surface area contributed by atoms with Crippen molar-refractivity contribution < 1.29 is 0 Å². The van der Waals surface area contributed by atoms with Gasteiger partial charge >= 0.3 is 0 Å². The number of hydrogen-bond acceptors (Lipinski definition) is 2. The summed E-state index contributed by atoms with van der Waals surface area (Å²) in [6.45, 7) is 1.58. The molecule has 0 radical (unpaired) electrons. The minimum Gasteiger partial charge on any atom is -0.382 e. The zero-order valence-electron chi connectivity index (χ0n) is 11.4. The Morgan fingerprint density at radius 1 is 1.10 bits per heavy atom. The molecule has 0 amide bonds. The molecule has 2 aromatic carbocycles. The van der Waals surface area contributed by atoms with E-state index >= 15 is 0 Å². The summed E-state index contributed by atoms with van der Waals surface area (Å²) in [6, 6.07) is 17.7. The average Bonchev–Trinajstić information content (AvgIpc) is 2.92. The molecule has 0 spiro atoms. The summed E-state index contributed by atoms with van der Waals surface area (Å²) >= 11 is 6.11. The van der Waals surface area contributed by atoms with Crippen molar-refractivity contribution in [2.75, 3.05) is 11.9 Å². The quantitative estimate of drug-likeness (QED) is 0.780. The third-order valence-electron chi connectivity index (χ3n) is 3.48. The summed E-state index contributed by atoms with van der Waals surface area (Å²) in [4.78, 5) is 0. The lowest BCUT2D eigenvalue weighted by atomic mass is 10.1. The molecule has 1 N–H and O–H groups in total. The molecule has 104 valence electrons. The van der Waals surface area contributed by atoms with E-state index in [4.69, 9.17) is 16.9 Å². The molecule has 0 aliphatic heterocycles. The fourth-order valence-corrected chi connectivity index (χ4v) is 2.63. The van der Waals surface area contributed by atoms with E-state index in [0.717, 1.165) is 34.7 Å². The summed E-state index contributed by atoms with van der Waals surface area (Å²) in [7, 11) is 0. The summed E-state index contributed by atoms with van der Waals surface area (Å²) in [5.41, 5.74) is 2.73. The molecule has 21 heavy (non-hydrogen) atoms. The largest absolute Gasteiger partial charge is 0.382 e. The molecule has 0 aliphatic carbocycles. The Morgan fingerprint density at radius 2 is 1.95 bits per heavy atom. The van der Waals surface area contributed by atoms with Crippen LogP contribution in [0.3, 0.4) is 0 Å². The van der Waals surface area contributed by atoms with Crippen molar-refractivity contribution in [3.05, 3.63) is 65.3 Å². The first kappa shape index (κ1) is 13.5. The second kappa shape index (κ2) is 5.90. The van der Waals surface area contributed by atoms with Crippen molar-refractivity contribution in [3.63, 3.8) is 0 Å². The summed E-state index contributed by atoms with van der Waals surface area (Å²) < 4.78 is 2.14. The van der Waals surface area contributed by atoms with E-state index in [2.05, 4.69) is 16.0 Å². The normalized spacial score (nSPS) is 10.5. The topological polar surface area (TPSA) is 40.8 Å². The maximum Gasteiger partial charge on any atom is 0.0998 e. The van der Waals surface area contributed by atoms with Crippen molar-refractivity contribution in [2.24, 2.45) is 0 Å². The first-order valence-corrected chi connectivity index (χ1v) is 7.14. The molecule has 0 aliphatic rings. The number of nitrogens with zero attached hydrogens (tertiary/aromatic N) is 2. The Kier molecular flexibility index (Phi) is 3.81. The molecular formula is C17H14ClN3. The lowest BCUT2D eigenvalue weighted by Gasteiger charge is -2.10. The summed E-state index contributed by atoms with van der Waals surface area (Å²) in [5, 5.41) is 14.2. The lowest BCUT2D eigenvalue weighted by molar-refractivity contribution is 0.757. The van der Waals surface area contributed by atoms with E-state index in [-0.39, 0.29) is 0 Å². The van der Waals surface area contributed by atoms with Crippen molar-refractivity contribution in [2.45, 2.75) is 6.54 Å². The highest BCUT2D eigenvalue weighted by atomic mass is 35.5. The van der Waals surface area contributed by atoms with Crippen LogP contribution in [-0.4, -0.2) is 11.1 Å². The van der Waals surface area contributed by atoms with E-state index < -0.39 is 0 Å². The molecule has 0 saturated carbocycles. The highest BCUT2D eigenvalue weighted by molar-refractivity contribution is 6.33. The number of halogens is 1. The van der Waals surface area contributed by atoms with E-state index in [9.17, 15) is 0 Å². The zero-order valence-corrected chi connectivity index (χ0v) is 12.1. The summed E-state index contributed by atoms with van der Waals surface area (Å²) in [5.74, 6) is 0. The van der Waals surface area contributed by atoms with E-state index in [1.54, 1.807) is 0 Å². The first-order chi connectivity index (χ1) is 10.3. The second-order valence-electron chi connectivity index (χ2n) is 4.77. The Labute approximate surface area is 128 Å². The van der Waals surface area contributed by atoms with Crippen molar-refractivity contribution in [3.8, 4) is 6.07 Å². The van der Waals surface area contributed by atoms with Gasteiger partial charge in [-0.1, -0.05) is 29.8 Å². The lowest BCUT2D eigenvalue weighted by Crippen LogP contribution is -2.09. The minimum absolute atomic E-state index is 0.713. The van der Waals surface area contributed by atoms with Crippen LogP contribution in [0.5, 0.6) is 0 Å². The van der Waals surface area contributed by atoms with E-state index in [1.165, 1.54) is 0 Å². The molecular weight excluding hydrogens is 282 g/mol. The van der Waals surface area contributed by atoms with Gasteiger partial charge in [0.1, 0.15) is 0 Å². The Balaban J connectivity index is 1.75. The third kappa shape index (κ3) is 2.72. The number of anilines is 1. The molecule has 3 aromatic rings. The van der Waals surface area contributed by atoms with Crippen LogP contribution in [0.15, 0.2) is 54.7 Å². The molecule has 3 nitrogen and oxygen atoms in total. The van der Waals surface area contributed by atoms with Crippen molar-refractivity contribution in [1.82, 2.24) is 4.57 Å². The van der Waals surface area contributed by atoms with Gasteiger partial charge in [0.2, 0.25) is 0 Å². The van der Waals surface area contributed by atoms with Gasteiger partial charge in [-0.2, -0.15) is 5.26 Å². The van der Waals surface area contributed by atoms with Gasteiger partial charge in [0, 0.05) is 30.2 Å². The summed E-state index contributed by atoms with van der Waals surface area (Å²) in [6.07, 6.45) is 2.01. The van der Waals surface area contributed by atoms with Crippen molar-refractivity contribution >= 4 is 28.2 Å². The highest BCUT2D eigenvalue weighted by Crippen LogP contribution is 2.21. The number of hydrogen-bond donors (Lipinski definition) is 1. The standard InChI is InChI=1S/C17H14ClN3/c18-15-5-1-2-6-16(15)20-9-11-21-10-8-14-13(12-19)4-3-7-17(14)21/h1-8,10,20H,9,11H2. The van der Waals surface area contributed by atoms with Crippen LogP contribution in [0.4, 0.5) is 5.69 Å². The zero-order chi connectivity index (χ0) is 14.7. The SMILES string of the molecule is N#Cc1cccc2c1ccn2CCNc1ccccc1Cl. The number of nitrogens with one attached hydrogen (secondary N) is 1. The molecule has 0 fully saturated rings. The fraction of sp³-hybridized carbons (Fsp3) is 0.118. The number of benzene rings is 2. The smallest absolute Gasteiger partial charge is 0.0998 e. The van der Waals surface area contributed by atoms with Gasteiger partial charge in [0.25, 0.3) is 0 Å². The first-order valence-electron chi connectivity index (χ1n) is 6.76. The van der Waals surface area contributed by atoms with Crippen LogP contribution < -0.4 is 5.32 Å². The molecule has 1 aromatic heterocycles. The minimum atomic E-state index is 0.713. The van der Waals surface area contributed by atoms with Gasteiger partial charge in [-0.25, -0.2) is 0 Å². The molecule has 1 heterocycles. The van der Waals surface area contributed by atoms with Gasteiger partial charge in [-0.3, -0.25) is 0 Å². The van der Waals surface area contributed by atoms with E-state index in [0.29, 0.717) is 5.56 Å². The van der Waals surface area contributed by atoms with Gasteiger partial charge in [-0.05, 0) is 30.3 Å². The molecule has 0 bridgehead atoms. The van der Waals surface area contributed by atoms with Crippen molar-refractivity contribution in [1.29, 1.82) is 5.26 Å². The molecule has 0 atom stereocenters. The number of fused-ring (bicyclic) bond motifs is 1. The Bertz CT molecular complexity index is 814. The maximum atomic E-state index is 9.11. The maximum absolute atomic E-state index is 9.11. The predicted molar refractivity (Wildman–Crippen MR) is 86.6 cm³/mol. The van der Waals surface area contributed by atoms with Gasteiger partial charge < -0.3 is 9.88 Å². The third-order valence-corrected chi connectivity index (χ3v) is 3.81. The number of nitriles is 1. The molecule has 4 heteroatoms. The predicted octanol–water partition coefficient (Wildman–Crippen LogP) is 4.28. The average molecular weight is 296 g/mol. The number of rotatable bonds is 4. The second-order valence-corrected chi connectivity index (χ2v) is 5.17. The highest BCUT2D eigenvalue weighted by Gasteiger charge is 2.05.